The summed E-state index contributed by atoms with van der Waals surface area (Å²) in [6.45, 7) is 3.19. The van der Waals surface area contributed by atoms with E-state index in [2.05, 4.69) is 11.7 Å². The minimum Gasteiger partial charge on any atom is -0.411 e. The van der Waals surface area contributed by atoms with Crippen molar-refractivity contribution < 1.29 is 5.21 Å². The number of hydrogen-bond acceptors (Lipinski definition) is 3. The van der Waals surface area contributed by atoms with E-state index in [0.717, 1.165) is 6.21 Å². The van der Waals surface area contributed by atoms with E-state index in [-0.39, 0.29) is 5.57 Å². The second kappa shape index (κ2) is 2.91. The van der Waals surface area contributed by atoms with Gasteiger partial charge in [0.25, 0.3) is 0 Å². The Morgan fingerprint density at radius 2 is 2.57 bits per heavy atom. The lowest BCUT2D eigenvalue weighted by atomic mass is 10.4. The second-order valence-electron chi connectivity index (χ2n) is 0.882. The molecule has 0 unspecified atom stereocenters. The molecular weight excluding hydrogens is 92.1 g/mol. The van der Waals surface area contributed by atoms with E-state index in [9.17, 15) is 0 Å². The minimum absolute atomic E-state index is 0.141. The summed E-state index contributed by atoms with van der Waals surface area (Å²) in [5, 5.41) is 18.2. The summed E-state index contributed by atoms with van der Waals surface area (Å²) < 4.78 is 0. The molecule has 36 valence electrons. The maximum absolute atomic E-state index is 7.91. The van der Waals surface area contributed by atoms with Crippen LogP contribution in [0.2, 0.25) is 0 Å². The Kier molecular flexibility index (Phi) is 2.37. The first-order valence-corrected chi connectivity index (χ1v) is 1.57. The fourth-order valence-corrected chi connectivity index (χ4v) is 0.0986. The minimum atomic E-state index is 0.141. The SMILES string of the molecule is C=C(C#N)C=NO. The Balaban J connectivity index is 3.66. The van der Waals surface area contributed by atoms with Gasteiger partial charge < -0.3 is 5.21 Å². The zero-order valence-corrected chi connectivity index (χ0v) is 3.63. The van der Waals surface area contributed by atoms with E-state index >= 15 is 0 Å². The van der Waals surface area contributed by atoms with E-state index in [1.807, 2.05) is 0 Å². The fraction of sp³-hybridized carbons (Fsp3) is 0. The third-order valence-corrected chi connectivity index (χ3v) is 0.357. The molecule has 0 aromatic heterocycles. The molecule has 3 nitrogen and oxygen atoms in total. The number of nitrogens with zero attached hydrogens (tertiary/aromatic N) is 2. The van der Waals surface area contributed by atoms with Crippen molar-refractivity contribution in [2.75, 3.05) is 0 Å². The molecule has 0 saturated carbocycles. The van der Waals surface area contributed by atoms with Crippen LogP contribution in [0.3, 0.4) is 0 Å². The number of nitriles is 1. The van der Waals surface area contributed by atoms with E-state index in [4.69, 9.17) is 10.5 Å². The Morgan fingerprint density at radius 1 is 2.00 bits per heavy atom. The molecule has 0 bridgehead atoms. The largest absolute Gasteiger partial charge is 0.411 e. The van der Waals surface area contributed by atoms with Gasteiger partial charge in [-0.05, 0) is 0 Å². The smallest absolute Gasteiger partial charge is 0.100 e. The van der Waals surface area contributed by atoms with Crippen LogP contribution in [-0.4, -0.2) is 11.4 Å². The van der Waals surface area contributed by atoms with Crippen LogP contribution in [0.1, 0.15) is 0 Å². The number of oxime groups is 1. The third kappa shape index (κ3) is 2.50. The lowest BCUT2D eigenvalue weighted by Crippen LogP contribution is -1.73. The lowest BCUT2D eigenvalue weighted by molar-refractivity contribution is 0.322. The number of hydrogen-bond donors (Lipinski definition) is 1. The molecule has 3 heteroatoms. The third-order valence-electron chi connectivity index (χ3n) is 0.357. The molecule has 0 aromatic rings. The van der Waals surface area contributed by atoms with Crippen LogP contribution in [0, 0.1) is 11.3 Å². The van der Waals surface area contributed by atoms with Crippen LogP contribution >= 0.6 is 0 Å². The van der Waals surface area contributed by atoms with E-state index < -0.39 is 0 Å². The molecule has 7 heavy (non-hydrogen) atoms. The van der Waals surface area contributed by atoms with Crippen molar-refractivity contribution >= 4 is 6.21 Å². The molecule has 0 atom stereocenters. The van der Waals surface area contributed by atoms with Gasteiger partial charge in [0, 0.05) is 0 Å². The Hall–Kier alpha value is -1.30. The normalized spacial score (nSPS) is 8.43. The first kappa shape index (κ1) is 5.70. The summed E-state index contributed by atoms with van der Waals surface area (Å²) in [7, 11) is 0. The molecule has 0 fully saturated rings. The van der Waals surface area contributed by atoms with Gasteiger partial charge in [-0.3, -0.25) is 0 Å². The molecule has 0 spiro atoms. The van der Waals surface area contributed by atoms with Crippen LogP contribution in [-0.2, 0) is 0 Å². The molecule has 0 saturated heterocycles. The van der Waals surface area contributed by atoms with Gasteiger partial charge in [0.1, 0.15) is 6.07 Å². The van der Waals surface area contributed by atoms with Crippen LogP contribution in [0.15, 0.2) is 17.3 Å². The van der Waals surface area contributed by atoms with Crippen molar-refractivity contribution in [2.45, 2.75) is 0 Å². The van der Waals surface area contributed by atoms with Crippen molar-refractivity contribution in [2.24, 2.45) is 5.16 Å². The van der Waals surface area contributed by atoms with Crippen LogP contribution < -0.4 is 0 Å². The van der Waals surface area contributed by atoms with Gasteiger partial charge in [-0.25, -0.2) is 0 Å². The molecule has 0 aliphatic heterocycles. The maximum Gasteiger partial charge on any atom is 0.100 e. The summed E-state index contributed by atoms with van der Waals surface area (Å²) in [6, 6.07) is 1.66. The van der Waals surface area contributed by atoms with Crippen LogP contribution in [0.25, 0.3) is 0 Å². The lowest BCUT2D eigenvalue weighted by Gasteiger charge is -1.71. The van der Waals surface area contributed by atoms with Gasteiger partial charge in [0.15, 0.2) is 0 Å². The fourth-order valence-electron chi connectivity index (χ4n) is 0.0986. The van der Waals surface area contributed by atoms with E-state index in [1.54, 1.807) is 6.07 Å². The molecule has 1 N–H and O–H groups in total. The Bertz CT molecular complexity index is 131. The number of rotatable bonds is 1. The van der Waals surface area contributed by atoms with Gasteiger partial charge in [-0.2, -0.15) is 5.26 Å². The predicted octanol–water partition coefficient (Wildman–Crippen LogP) is 0.526. The summed E-state index contributed by atoms with van der Waals surface area (Å²) in [4.78, 5) is 0. The average Bonchev–Trinajstić information content (AvgIpc) is 1.68. The zero-order valence-electron chi connectivity index (χ0n) is 3.63. The van der Waals surface area contributed by atoms with E-state index in [1.165, 1.54) is 0 Å². The maximum atomic E-state index is 7.91. The Morgan fingerprint density at radius 3 is 2.71 bits per heavy atom. The van der Waals surface area contributed by atoms with E-state index in [0.29, 0.717) is 0 Å². The average molecular weight is 96.1 g/mol. The first-order valence-electron chi connectivity index (χ1n) is 1.57. The highest BCUT2D eigenvalue weighted by molar-refractivity contribution is 5.81. The molecule has 0 radical (unpaired) electrons. The van der Waals surface area contributed by atoms with Gasteiger partial charge in [-0.15, -0.1) is 0 Å². The van der Waals surface area contributed by atoms with Crippen molar-refractivity contribution in [3.05, 3.63) is 12.2 Å². The molecule has 0 heterocycles. The standard InChI is InChI=1S/C4H4N2O/c1-4(2-5)3-6-7/h3,7H,1H2. The van der Waals surface area contributed by atoms with Gasteiger partial charge >= 0.3 is 0 Å². The van der Waals surface area contributed by atoms with Crippen molar-refractivity contribution in [3.63, 3.8) is 0 Å². The number of allylic oxidation sites excluding steroid dienone is 1. The molecule has 0 aromatic carbocycles. The summed E-state index contributed by atoms with van der Waals surface area (Å²) in [5.74, 6) is 0. The van der Waals surface area contributed by atoms with Gasteiger partial charge in [-0.1, -0.05) is 11.7 Å². The quantitative estimate of drug-likeness (QED) is 0.224. The molecular formula is C4H4N2O. The highest BCUT2D eigenvalue weighted by atomic mass is 16.4. The summed E-state index contributed by atoms with van der Waals surface area (Å²) in [5.41, 5.74) is 0.141. The first-order chi connectivity index (χ1) is 3.31. The Labute approximate surface area is 41.2 Å². The molecule has 0 rings (SSSR count). The summed E-state index contributed by atoms with van der Waals surface area (Å²) >= 11 is 0. The van der Waals surface area contributed by atoms with Crippen LogP contribution in [0.4, 0.5) is 0 Å². The molecule has 0 aliphatic carbocycles. The van der Waals surface area contributed by atoms with Gasteiger partial charge in [0.05, 0.1) is 11.8 Å². The second-order valence-corrected chi connectivity index (χ2v) is 0.882. The zero-order chi connectivity index (χ0) is 5.70. The van der Waals surface area contributed by atoms with Crippen molar-refractivity contribution in [1.82, 2.24) is 0 Å². The molecule has 0 aliphatic rings. The highest BCUT2D eigenvalue weighted by Crippen LogP contribution is 1.75. The van der Waals surface area contributed by atoms with Crippen LogP contribution in [0.5, 0.6) is 0 Å². The van der Waals surface area contributed by atoms with Crippen molar-refractivity contribution in [1.29, 1.82) is 5.26 Å². The monoisotopic (exact) mass is 96.0 g/mol. The summed E-state index contributed by atoms with van der Waals surface area (Å²) in [6.07, 6.45) is 0.972. The highest BCUT2D eigenvalue weighted by Gasteiger charge is 1.77. The van der Waals surface area contributed by atoms with Crippen molar-refractivity contribution in [3.8, 4) is 6.07 Å². The topological polar surface area (TPSA) is 56.4 Å². The predicted molar refractivity (Wildman–Crippen MR) is 25.0 cm³/mol. The molecule has 0 amide bonds. The van der Waals surface area contributed by atoms with Gasteiger partial charge in [0.2, 0.25) is 0 Å².